The van der Waals surface area contributed by atoms with E-state index in [0.29, 0.717) is 11.3 Å². The van der Waals surface area contributed by atoms with Crippen LogP contribution in [0.1, 0.15) is 23.4 Å². The molecule has 3 heterocycles. The van der Waals surface area contributed by atoms with Crippen LogP contribution in [-0.4, -0.2) is 51.5 Å². The maximum atomic E-state index is 5.68. The minimum absolute atomic E-state index is 0.636. The standard InChI is InChI=1S/C19H25N3OS/c1-14-17(15(2)22(20-14)16-6-4-3-5-7-16)12-21-9-11-24-19-13-23-10-8-18(19)21/h3-7,18-19H,8-13H2,1-2H3/t18-,19+/m0/s1. The molecule has 0 saturated carbocycles. The molecule has 0 aliphatic carbocycles. The highest BCUT2D eigenvalue weighted by Crippen LogP contribution is 2.32. The molecule has 2 aromatic rings. The molecule has 2 fully saturated rings. The number of benzene rings is 1. The zero-order valence-electron chi connectivity index (χ0n) is 14.4. The molecule has 2 aliphatic heterocycles. The molecule has 0 unspecified atom stereocenters. The number of aromatic nitrogens is 2. The molecular formula is C19H25N3OS. The minimum atomic E-state index is 0.636. The molecule has 2 aliphatic rings. The van der Waals surface area contributed by atoms with Crippen molar-refractivity contribution in [2.24, 2.45) is 0 Å². The zero-order chi connectivity index (χ0) is 16.5. The van der Waals surface area contributed by atoms with Crippen LogP contribution in [0.2, 0.25) is 0 Å². The van der Waals surface area contributed by atoms with Crippen molar-refractivity contribution in [3.8, 4) is 5.69 Å². The molecule has 24 heavy (non-hydrogen) atoms. The third-order valence-corrected chi connectivity index (χ3v) is 6.55. The molecule has 2 atom stereocenters. The molecule has 0 spiro atoms. The van der Waals surface area contributed by atoms with Crippen LogP contribution in [0.5, 0.6) is 0 Å². The summed E-state index contributed by atoms with van der Waals surface area (Å²) in [6.07, 6.45) is 1.16. The molecule has 4 nitrogen and oxygen atoms in total. The quantitative estimate of drug-likeness (QED) is 0.856. The fourth-order valence-electron chi connectivity index (χ4n) is 3.89. The van der Waals surface area contributed by atoms with Crippen molar-refractivity contribution in [2.45, 2.75) is 38.1 Å². The topological polar surface area (TPSA) is 30.3 Å². The maximum absolute atomic E-state index is 5.68. The van der Waals surface area contributed by atoms with Crippen molar-refractivity contribution in [1.82, 2.24) is 14.7 Å². The lowest BCUT2D eigenvalue weighted by atomic mass is 10.0. The van der Waals surface area contributed by atoms with Crippen molar-refractivity contribution >= 4 is 11.8 Å². The summed E-state index contributed by atoms with van der Waals surface area (Å²) >= 11 is 2.08. The van der Waals surface area contributed by atoms with Crippen LogP contribution in [0.3, 0.4) is 0 Å². The van der Waals surface area contributed by atoms with Gasteiger partial charge in [-0.2, -0.15) is 16.9 Å². The second-order valence-electron chi connectivity index (χ2n) is 6.71. The van der Waals surface area contributed by atoms with E-state index in [1.54, 1.807) is 0 Å². The van der Waals surface area contributed by atoms with E-state index >= 15 is 0 Å². The first-order chi connectivity index (χ1) is 11.7. The predicted octanol–water partition coefficient (Wildman–Crippen LogP) is 3.20. The summed E-state index contributed by atoms with van der Waals surface area (Å²) in [5, 5.41) is 5.45. The number of ether oxygens (including phenoxy) is 1. The molecule has 0 radical (unpaired) electrons. The second kappa shape index (κ2) is 6.90. The second-order valence-corrected chi connectivity index (χ2v) is 8.05. The number of rotatable bonds is 3. The highest BCUT2D eigenvalue weighted by atomic mass is 32.2. The van der Waals surface area contributed by atoms with Gasteiger partial charge < -0.3 is 4.74 Å². The number of nitrogens with zero attached hydrogens (tertiary/aromatic N) is 3. The van der Waals surface area contributed by atoms with Crippen molar-refractivity contribution in [1.29, 1.82) is 0 Å². The van der Waals surface area contributed by atoms with Gasteiger partial charge in [0.25, 0.3) is 0 Å². The molecule has 1 aromatic carbocycles. The maximum Gasteiger partial charge on any atom is 0.0648 e. The van der Waals surface area contributed by atoms with Gasteiger partial charge in [-0.1, -0.05) is 18.2 Å². The van der Waals surface area contributed by atoms with E-state index in [1.165, 1.54) is 23.6 Å². The Morgan fingerprint density at radius 1 is 1.25 bits per heavy atom. The Bertz CT molecular complexity index is 698. The van der Waals surface area contributed by atoms with E-state index in [4.69, 9.17) is 9.84 Å². The molecule has 1 aromatic heterocycles. The fraction of sp³-hybridized carbons (Fsp3) is 0.526. The van der Waals surface area contributed by atoms with Gasteiger partial charge in [-0.3, -0.25) is 4.90 Å². The van der Waals surface area contributed by atoms with E-state index in [0.717, 1.165) is 37.6 Å². The Labute approximate surface area is 148 Å². The molecule has 0 N–H and O–H groups in total. The van der Waals surface area contributed by atoms with Gasteiger partial charge in [-0.05, 0) is 32.4 Å². The Balaban J connectivity index is 1.59. The smallest absolute Gasteiger partial charge is 0.0648 e. The molecule has 0 bridgehead atoms. The monoisotopic (exact) mass is 343 g/mol. The highest BCUT2D eigenvalue weighted by molar-refractivity contribution is 8.00. The number of hydrogen-bond acceptors (Lipinski definition) is 4. The third-order valence-electron chi connectivity index (χ3n) is 5.25. The van der Waals surface area contributed by atoms with Gasteiger partial charge in [0.2, 0.25) is 0 Å². The lowest BCUT2D eigenvalue weighted by Crippen LogP contribution is -2.51. The van der Waals surface area contributed by atoms with Gasteiger partial charge in [-0.15, -0.1) is 0 Å². The summed E-state index contributed by atoms with van der Waals surface area (Å²) in [6, 6.07) is 11.1. The van der Waals surface area contributed by atoms with Crippen molar-refractivity contribution in [3.05, 3.63) is 47.3 Å². The first kappa shape index (κ1) is 16.2. The van der Waals surface area contributed by atoms with E-state index in [2.05, 4.69) is 59.5 Å². The summed E-state index contributed by atoms with van der Waals surface area (Å²) in [7, 11) is 0. The van der Waals surface area contributed by atoms with Gasteiger partial charge in [0.15, 0.2) is 0 Å². The average Bonchev–Trinajstić information content (AvgIpc) is 2.91. The Hall–Kier alpha value is -1.30. The van der Waals surface area contributed by atoms with E-state index in [9.17, 15) is 0 Å². The van der Waals surface area contributed by atoms with Crippen LogP contribution in [0.15, 0.2) is 30.3 Å². The van der Waals surface area contributed by atoms with Gasteiger partial charge in [-0.25, -0.2) is 4.68 Å². The summed E-state index contributed by atoms with van der Waals surface area (Å²) in [5.41, 5.74) is 4.94. The van der Waals surface area contributed by atoms with Crippen molar-refractivity contribution in [3.63, 3.8) is 0 Å². The summed E-state index contributed by atoms with van der Waals surface area (Å²) in [5.74, 6) is 1.20. The Morgan fingerprint density at radius 2 is 2.08 bits per heavy atom. The fourth-order valence-corrected chi connectivity index (χ4v) is 5.25. The van der Waals surface area contributed by atoms with Crippen LogP contribution < -0.4 is 0 Å². The van der Waals surface area contributed by atoms with E-state index < -0.39 is 0 Å². The average molecular weight is 343 g/mol. The van der Waals surface area contributed by atoms with Crippen LogP contribution >= 0.6 is 11.8 Å². The molecule has 4 rings (SSSR count). The zero-order valence-corrected chi connectivity index (χ0v) is 15.3. The summed E-state index contributed by atoms with van der Waals surface area (Å²) in [6.45, 7) is 8.32. The number of para-hydroxylation sites is 1. The predicted molar refractivity (Wildman–Crippen MR) is 98.9 cm³/mol. The van der Waals surface area contributed by atoms with Crippen LogP contribution in [0, 0.1) is 13.8 Å². The van der Waals surface area contributed by atoms with Gasteiger partial charge in [0, 0.05) is 48.0 Å². The summed E-state index contributed by atoms with van der Waals surface area (Å²) in [4.78, 5) is 2.66. The number of hydrogen-bond donors (Lipinski definition) is 0. The van der Waals surface area contributed by atoms with Crippen LogP contribution in [0.4, 0.5) is 0 Å². The molecule has 0 amide bonds. The molecule has 128 valence electrons. The van der Waals surface area contributed by atoms with Gasteiger partial charge >= 0.3 is 0 Å². The largest absolute Gasteiger partial charge is 0.380 e. The van der Waals surface area contributed by atoms with E-state index in [1.807, 2.05) is 6.07 Å². The highest BCUT2D eigenvalue weighted by Gasteiger charge is 2.35. The normalized spacial score (nSPS) is 24.8. The Morgan fingerprint density at radius 3 is 2.92 bits per heavy atom. The summed E-state index contributed by atoms with van der Waals surface area (Å²) < 4.78 is 7.77. The molecule has 5 heteroatoms. The molecular weight excluding hydrogens is 318 g/mol. The first-order valence-electron chi connectivity index (χ1n) is 8.78. The number of aryl methyl sites for hydroxylation is 1. The van der Waals surface area contributed by atoms with Crippen molar-refractivity contribution in [2.75, 3.05) is 25.5 Å². The van der Waals surface area contributed by atoms with Crippen LogP contribution in [-0.2, 0) is 11.3 Å². The van der Waals surface area contributed by atoms with Crippen molar-refractivity contribution < 1.29 is 4.74 Å². The molecule has 2 saturated heterocycles. The van der Waals surface area contributed by atoms with E-state index in [-0.39, 0.29) is 0 Å². The van der Waals surface area contributed by atoms with Crippen LogP contribution in [0.25, 0.3) is 5.69 Å². The number of thioether (sulfide) groups is 1. The van der Waals surface area contributed by atoms with Gasteiger partial charge in [0.1, 0.15) is 0 Å². The lowest BCUT2D eigenvalue weighted by Gasteiger charge is -2.43. The number of fused-ring (bicyclic) bond motifs is 1. The van der Waals surface area contributed by atoms with Gasteiger partial charge in [0.05, 0.1) is 18.0 Å². The third kappa shape index (κ3) is 3.01. The SMILES string of the molecule is Cc1nn(-c2ccccc2)c(C)c1CN1CCS[C@@H]2COCC[C@@H]21. The first-order valence-corrected chi connectivity index (χ1v) is 9.83. The minimum Gasteiger partial charge on any atom is -0.380 e. The lowest BCUT2D eigenvalue weighted by molar-refractivity contribution is 0.0350. The Kier molecular flexibility index (Phi) is 4.66.